The first-order chi connectivity index (χ1) is 19.3. The van der Waals surface area contributed by atoms with Gasteiger partial charge in [-0.3, -0.25) is 14.5 Å². The van der Waals surface area contributed by atoms with Crippen molar-refractivity contribution in [1.82, 2.24) is 4.98 Å². The molecule has 3 aromatic carbocycles. The van der Waals surface area contributed by atoms with E-state index in [-0.39, 0.29) is 11.3 Å². The zero-order valence-corrected chi connectivity index (χ0v) is 23.8. The van der Waals surface area contributed by atoms with E-state index >= 15 is 0 Å². The maximum atomic E-state index is 13.7. The Morgan fingerprint density at radius 3 is 2.48 bits per heavy atom. The molecular formula is C31H30N2O6S. The third-order valence-electron chi connectivity index (χ3n) is 6.76. The van der Waals surface area contributed by atoms with Crippen LogP contribution in [0.5, 0.6) is 17.2 Å². The van der Waals surface area contributed by atoms with Crippen LogP contribution in [0.3, 0.4) is 0 Å². The minimum atomic E-state index is -0.948. The van der Waals surface area contributed by atoms with Crippen molar-refractivity contribution in [2.45, 2.75) is 33.7 Å². The number of ketones is 1. The van der Waals surface area contributed by atoms with Crippen molar-refractivity contribution in [3.8, 4) is 17.2 Å². The molecule has 0 spiro atoms. The van der Waals surface area contributed by atoms with E-state index in [2.05, 4.69) is 0 Å². The van der Waals surface area contributed by atoms with E-state index in [1.54, 1.807) is 24.3 Å². The van der Waals surface area contributed by atoms with E-state index in [4.69, 9.17) is 19.2 Å². The number of carbonyl (C=O) groups is 2. The average Bonchev–Trinajstić information content (AvgIpc) is 3.48. The number of carbonyl (C=O) groups excluding carboxylic acids is 2. The van der Waals surface area contributed by atoms with Gasteiger partial charge in [-0.05, 0) is 75.2 Å². The molecule has 0 radical (unpaired) electrons. The van der Waals surface area contributed by atoms with Crippen LogP contribution in [-0.4, -0.2) is 42.1 Å². The molecule has 1 unspecified atom stereocenters. The normalized spacial score (nSPS) is 16.5. The number of aromatic nitrogens is 1. The Kier molecular flexibility index (Phi) is 7.49. The largest absolute Gasteiger partial charge is 0.507 e. The molecule has 0 aliphatic carbocycles. The number of anilines is 1. The van der Waals surface area contributed by atoms with Crippen molar-refractivity contribution in [2.24, 2.45) is 0 Å². The van der Waals surface area contributed by atoms with Gasteiger partial charge in [0, 0.05) is 5.56 Å². The predicted molar refractivity (Wildman–Crippen MR) is 156 cm³/mol. The van der Waals surface area contributed by atoms with Gasteiger partial charge in [-0.2, -0.15) is 0 Å². The van der Waals surface area contributed by atoms with Gasteiger partial charge < -0.3 is 19.3 Å². The fourth-order valence-corrected chi connectivity index (χ4v) is 5.88. The summed E-state index contributed by atoms with van der Waals surface area (Å²) >= 11 is 1.28. The zero-order valence-electron chi connectivity index (χ0n) is 23.0. The number of aliphatic hydroxyl groups is 1. The molecule has 1 fully saturated rings. The van der Waals surface area contributed by atoms with Crippen molar-refractivity contribution < 1.29 is 28.9 Å². The van der Waals surface area contributed by atoms with Crippen LogP contribution in [0, 0.1) is 13.8 Å². The lowest BCUT2D eigenvalue weighted by molar-refractivity contribution is -0.132. The second-order valence-corrected chi connectivity index (χ2v) is 10.4. The molecule has 206 valence electrons. The fourth-order valence-electron chi connectivity index (χ4n) is 4.86. The predicted octanol–water partition coefficient (Wildman–Crippen LogP) is 6.35. The zero-order chi connectivity index (χ0) is 28.6. The summed E-state index contributed by atoms with van der Waals surface area (Å²) in [6.07, 6.45) is 0. The van der Waals surface area contributed by atoms with Gasteiger partial charge in [0.25, 0.3) is 5.78 Å². The number of thiazole rings is 1. The third-order valence-corrected chi connectivity index (χ3v) is 7.78. The molecule has 4 aromatic rings. The number of hydrogen-bond donors (Lipinski definition) is 1. The van der Waals surface area contributed by atoms with Crippen molar-refractivity contribution in [1.29, 1.82) is 0 Å². The van der Waals surface area contributed by atoms with Gasteiger partial charge in [-0.1, -0.05) is 35.1 Å². The lowest BCUT2D eigenvalue weighted by atomic mass is 9.93. The van der Waals surface area contributed by atoms with Crippen molar-refractivity contribution >= 4 is 44.1 Å². The molecule has 1 N–H and O–H groups in total. The molecule has 1 aliphatic heterocycles. The van der Waals surface area contributed by atoms with Crippen molar-refractivity contribution in [3.05, 3.63) is 82.4 Å². The molecule has 8 nitrogen and oxygen atoms in total. The second kappa shape index (κ2) is 11.0. The number of nitrogens with zero attached hydrogens (tertiary/aromatic N) is 2. The number of rotatable bonds is 8. The maximum absolute atomic E-state index is 13.7. The molecule has 1 aromatic heterocycles. The highest BCUT2D eigenvalue weighted by Gasteiger charge is 2.48. The highest BCUT2D eigenvalue weighted by molar-refractivity contribution is 7.22. The number of fused-ring (bicyclic) bond motifs is 1. The van der Waals surface area contributed by atoms with Gasteiger partial charge in [0.1, 0.15) is 11.5 Å². The number of Topliss-reactive ketones (excluding diaryl/α,β-unsaturated/α-hetero) is 1. The Labute approximate surface area is 236 Å². The van der Waals surface area contributed by atoms with E-state index < -0.39 is 17.7 Å². The van der Waals surface area contributed by atoms with E-state index in [1.165, 1.54) is 23.3 Å². The quantitative estimate of drug-likeness (QED) is 0.153. The van der Waals surface area contributed by atoms with Crippen LogP contribution in [0.25, 0.3) is 16.0 Å². The Morgan fingerprint density at radius 2 is 1.75 bits per heavy atom. The summed E-state index contributed by atoms with van der Waals surface area (Å²) in [7, 11) is 1.53. The summed E-state index contributed by atoms with van der Waals surface area (Å²) in [5.41, 5.74) is 3.41. The van der Waals surface area contributed by atoms with Gasteiger partial charge in [-0.25, -0.2) is 4.98 Å². The molecule has 40 heavy (non-hydrogen) atoms. The fraction of sp³-hybridized carbons (Fsp3) is 0.258. The minimum absolute atomic E-state index is 0.0147. The van der Waals surface area contributed by atoms with Gasteiger partial charge in [0.2, 0.25) is 0 Å². The Morgan fingerprint density at radius 1 is 0.975 bits per heavy atom. The monoisotopic (exact) mass is 558 g/mol. The molecule has 5 rings (SSSR count). The molecule has 1 aliphatic rings. The van der Waals surface area contributed by atoms with Gasteiger partial charge in [-0.15, -0.1) is 0 Å². The number of methoxy groups -OCH3 is 1. The summed E-state index contributed by atoms with van der Waals surface area (Å²) in [5.74, 6) is -0.125. The first-order valence-corrected chi connectivity index (χ1v) is 13.8. The average molecular weight is 559 g/mol. The number of amides is 1. The van der Waals surface area contributed by atoms with E-state index in [0.717, 1.165) is 15.8 Å². The lowest BCUT2D eigenvalue weighted by Gasteiger charge is -2.24. The molecule has 1 saturated heterocycles. The molecular weight excluding hydrogens is 528 g/mol. The number of aryl methyl sites for hydroxylation is 2. The molecule has 9 heteroatoms. The Bertz CT molecular complexity index is 1660. The smallest absolute Gasteiger partial charge is 0.301 e. The molecule has 2 heterocycles. The van der Waals surface area contributed by atoms with Crippen LogP contribution in [0.15, 0.2) is 60.2 Å². The molecule has 0 saturated carbocycles. The summed E-state index contributed by atoms with van der Waals surface area (Å²) in [4.78, 5) is 33.4. The summed E-state index contributed by atoms with van der Waals surface area (Å²) in [6.45, 7) is 8.49. The summed E-state index contributed by atoms with van der Waals surface area (Å²) < 4.78 is 17.7. The van der Waals surface area contributed by atoms with Crippen molar-refractivity contribution in [3.63, 3.8) is 0 Å². The molecule has 0 bridgehead atoms. The minimum Gasteiger partial charge on any atom is -0.507 e. The van der Waals surface area contributed by atoms with Crippen LogP contribution >= 0.6 is 11.3 Å². The summed E-state index contributed by atoms with van der Waals surface area (Å²) in [6, 6.07) is 15.4. The maximum Gasteiger partial charge on any atom is 0.301 e. The van der Waals surface area contributed by atoms with Crippen LogP contribution < -0.4 is 19.1 Å². The lowest BCUT2D eigenvalue weighted by Crippen LogP contribution is -2.29. The SMILES string of the molecule is CCOc1ccc2nc(N3C(=O)C(=O)/C(=C(/O)c4cc(C)ccc4C)C3c3ccc(OCC)c(OC)c3)sc2c1. The second-order valence-electron chi connectivity index (χ2n) is 9.39. The number of hydrogen-bond acceptors (Lipinski definition) is 8. The topological polar surface area (TPSA) is 98.2 Å². The number of aliphatic hydroxyl groups excluding tert-OH is 1. The Hall–Kier alpha value is -4.37. The van der Waals surface area contributed by atoms with Crippen LogP contribution in [-0.2, 0) is 9.59 Å². The Balaban J connectivity index is 1.73. The molecule has 1 amide bonds. The third kappa shape index (κ3) is 4.77. The number of benzene rings is 3. The number of ether oxygens (including phenoxy) is 3. The van der Waals surface area contributed by atoms with Gasteiger partial charge in [0.05, 0.1) is 42.2 Å². The van der Waals surface area contributed by atoms with Crippen molar-refractivity contribution in [2.75, 3.05) is 25.2 Å². The van der Waals surface area contributed by atoms with Crippen LogP contribution in [0.1, 0.15) is 42.1 Å². The standard InChI is InChI=1S/C31H30N2O6S/c1-6-38-20-11-12-22-25(16-20)40-31(32-22)33-27(19-10-13-23(39-7-2)24(15-19)37-5)26(29(35)30(33)36)28(34)21-14-17(3)8-9-18(21)4/h8-16,27,34H,6-7H2,1-5H3/b28-26+. The van der Waals surface area contributed by atoms with Crippen LogP contribution in [0.4, 0.5) is 5.13 Å². The van der Waals surface area contributed by atoms with E-state index in [9.17, 15) is 14.7 Å². The first-order valence-electron chi connectivity index (χ1n) is 13.0. The highest BCUT2D eigenvalue weighted by atomic mass is 32.1. The van der Waals surface area contributed by atoms with Gasteiger partial charge >= 0.3 is 5.91 Å². The van der Waals surface area contributed by atoms with E-state index in [1.807, 2.05) is 58.0 Å². The first kappa shape index (κ1) is 27.2. The molecule has 1 atom stereocenters. The van der Waals surface area contributed by atoms with E-state index in [0.29, 0.717) is 52.2 Å². The van der Waals surface area contributed by atoms with Gasteiger partial charge in [0.15, 0.2) is 16.6 Å². The summed E-state index contributed by atoms with van der Waals surface area (Å²) in [5, 5.41) is 11.9. The highest BCUT2D eigenvalue weighted by Crippen LogP contribution is 2.46. The van der Waals surface area contributed by atoms with Crippen LogP contribution in [0.2, 0.25) is 0 Å².